The van der Waals surface area contributed by atoms with E-state index >= 15 is 0 Å². The fraction of sp³-hybridized carbons (Fsp3) is 0.148. The number of benzene rings is 3. The molecule has 12 heteroatoms. The van der Waals surface area contributed by atoms with Crippen LogP contribution in [0, 0.1) is 5.82 Å². The number of aromatic nitrogens is 1. The number of aromatic carboxylic acids is 1. The fourth-order valence-electron chi connectivity index (χ4n) is 3.64. The normalized spacial score (nSPS) is 13.9. The molecule has 1 heterocycles. The van der Waals surface area contributed by atoms with E-state index in [0.717, 1.165) is 11.3 Å². The van der Waals surface area contributed by atoms with E-state index in [1.165, 1.54) is 79.0 Å². The van der Waals surface area contributed by atoms with Crippen molar-refractivity contribution in [3.8, 4) is 16.6 Å². The maximum Gasteiger partial charge on any atom is 0.335 e. The zero-order valence-corrected chi connectivity index (χ0v) is 21.7. The highest BCUT2D eigenvalue weighted by Gasteiger charge is 2.37. The molecule has 1 amide bonds. The van der Waals surface area contributed by atoms with Crippen molar-refractivity contribution in [1.29, 1.82) is 0 Å². The number of nitrogens with zero attached hydrogens (tertiary/aromatic N) is 1. The van der Waals surface area contributed by atoms with E-state index in [4.69, 9.17) is 14.6 Å². The standard InChI is InChI=1S/C27H21FN2O7S2/c28-18-5-9-20(10-6-18)37-24(16-3-11-21(12-4-16)39(34,35)22-13-14-22)25(31)30-27-29-15-23(38-27)36-19-7-1-17(2-8-19)26(32)33/h1-12,15,22,24H,13-14H2,(H,32,33)(H,29,30,31). The summed E-state index contributed by atoms with van der Waals surface area (Å²) in [6.45, 7) is 0. The first-order chi connectivity index (χ1) is 18.7. The van der Waals surface area contributed by atoms with Crippen molar-refractivity contribution in [2.75, 3.05) is 5.32 Å². The predicted molar refractivity (Wildman–Crippen MR) is 141 cm³/mol. The number of hydrogen-bond acceptors (Lipinski definition) is 8. The minimum Gasteiger partial charge on any atom is -0.478 e. The molecule has 1 saturated carbocycles. The number of nitrogens with one attached hydrogen (secondary N) is 1. The van der Waals surface area contributed by atoms with Crippen LogP contribution in [0.5, 0.6) is 16.6 Å². The Hall–Kier alpha value is -4.29. The van der Waals surface area contributed by atoms with Gasteiger partial charge in [0.15, 0.2) is 15.0 Å². The van der Waals surface area contributed by atoms with Gasteiger partial charge in [-0.25, -0.2) is 22.6 Å². The van der Waals surface area contributed by atoms with Crippen LogP contribution in [0.15, 0.2) is 83.9 Å². The number of thiazole rings is 1. The van der Waals surface area contributed by atoms with Crippen LogP contribution in [0.4, 0.5) is 9.52 Å². The molecule has 4 aromatic rings. The molecule has 0 aliphatic heterocycles. The minimum absolute atomic E-state index is 0.116. The summed E-state index contributed by atoms with van der Waals surface area (Å²) in [5.41, 5.74) is 0.503. The summed E-state index contributed by atoms with van der Waals surface area (Å²) in [6.07, 6.45) is 1.47. The molecule has 5 rings (SSSR count). The molecule has 0 radical (unpaired) electrons. The monoisotopic (exact) mass is 568 g/mol. The summed E-state index contributed by atoms with van der Waals surface area (Å²) < 4.78 is 50.1. The van der Waals surface area contributed by atoms with Crippen molar-refractivity contribution in [1.82, 2.24) is 4.98 Å². The summed E-state index contributed by atoms with van der Waals surface area (Å²) in [7, 11) is -3.40. The number of carbonyl (C=O) groups excluding carboxylic acids is 1. The minimum atomic E-state index is -3.40. The molecule has 39 heavy (non-hydrogen) atoms. The summed E-state index contributed by atoms with van der Waals surface area (Å²) in [6, 6.07) is 16.9. The molecule has 1 aliphatic rings. The van der Waals surface area contributed by atoms with Gasteiger partial charge in [0.05, 0.1) is 21.9 Å². The Morgan fingerprint density at radius 1 is 0.974 bits per heavy atom. The third kappa shape index (κ3) is 6.24. The molecule has 1 atom stereocenters. The molecule has 0 saturated heterocycles. The van der Waals surface area contributed by atoms with Crippen molar-refractivity contribution < 1.29 is 37.0 Å². The fourth-order valence-corrected chi connectivity index (χ4v) is 5.99. The zero-order valence-electron chi connectivity index (χ0n) is 20.1. The second kappa shape index (κ2) is 10.8. The first-order valence-electron chi connectivity index (χ1n) is 11.7. The van der Waals surface area contributed by atoms with Crippen molar-refractivity contribution in [3.63, 3.8) is 0 Å². The van der Waals surface area contributed by atoms with Crippen molar-refractivity contribution in [2.24, 2.45) is 0 Å². The van der Waals surface area contributed by atoms with Gasteiger partial charge in [-0.2, -0.15) is 0 Å². The second-order valence-corrected chi connectivity index (χ2v) is 11.9. The Morgan fingerprint density at radius 2 is 1.62 bits per heavy atom. The highest BCUT2D eigenvalue weighted by molar-refractivity contribution is 7.92. The van der Waals surface area contributed by atoms with Gasteiger partial charge in [-0.15, -0.1) is 0 Å². The van der Waals surface area contributed by atoms with Crippen LogP contribution in [0.2, 0.25) is 0 Å². The van der Waals surface area contributed by atoms with Crippen LogP contribution in [0.25, 0.3) is 0 Å². The first-order valence-corrected chi connectivity index (χ1v) is 14.1. The molecule has 1 aliphatic carbocycles. The van der Waals surface area contributed by atoms with Crippen molar-refractivity contribution >= 4 is 38.2 Å². The number of amides is 1. The Labute approximate surface area is 226 Å². The number of rotatable bonds is 10. The lowest BCUT2D eigenvalue weighted by Gasteiger charge is -2.19. The molecule has 1 unspecified atom stereocenters. The largest absolute Gasteiger partial charge is 0.478 e. The maximum absolute atomic E-state index is 13.4. The van der Waals surface area contributed by atoms with Crippen LogP contribution >= 0.6 is 11.3 Å². The van der Waals surface area contributed by atoms with E-state index < -0.39 is 33.6 Å². The van der Waals surface area contributed by atoms with Crippen molar-refractivity contribution in [2.45, 2.75) is 29.1 Å². The number of carboxylic acid groups (broad SMARTS) is 1. The van der Waals surface area contributed by atoms with Gasteiger partial charge in [-0.3, -0.25) is 10.1 Å². The average Bonchev–Trinajstić information content (AvgIpc) is 3.71. The second-order valence-electron chi connectivity index (χ2n) is 8.67. The lowest BCUT2D eigenvalue weighted by Crippen LogP contribution is -2.25. The maximum atomic E-state index is 13.4. The van der Waals surface area contributed by atoms with E-state index in [-0.39, 0.29) is 26.6 Å². The van der Waals surface area contributed by atoms with Gasteiger partial charge in [0.25, 0.3) is 5.91 Å². The Balaban J connectivity index is 1.33. The molecule has 200 valence electrons. The molecule has 3 aromatic carbocycles. The number of sulfone groups is 1. The van der Waals surface area contributed by atoms with Crippen LogP contribution in [0.3, 0.4) is 0 Å². The van der Waals surface area contributed by atoms with Gasteiger partial charge < -0.3 is 14.6 Å². The Bertz CT molecular complexity index is 1600. The van der Waals surface area contributed by atoms with Gasteiger partial charge in [0, 0.05) is 5.56 Å². The number of ether oxygens (including phenoxy) is 2. The molecule has 0 bridgehead atoms. The smallest absolute Gasteiger partial charge is 0.335 e. The number of halogens is 1. The molecule has 0 spiro atoms. The number of carbonyl (C=O) groups is 2. The first kappa shape index (κ1) is 26.3. The molecule has 9 nitrogen and oxygen atoms in total. The number of carboxylic acids is 1. The molecule has 1 aromatic heterocycles. The average molecular weight is 569 g/mol. The van der Waals surface area contributed by atoms with Crippen LogP contribution in [-0.4, -0.2) is 35.6 Å². The number of hydrogen-bond donors (Lipinski definition) is 2. The van der Waals surface area contributed by atoms with Crippen LogP contribution in [-0.2, 0) is 14.6 Å². The molecular formula is C27H21FN2O7S2. The highest BCUT2D eigenvalue weighted by atomic mass is 32.2. The van der Waals surface area contributed by atoms with E-state index in [1.54, 1.807) is 0 Å². The predicted octanol–water partition coefficient (Wildman–Crippen LogP) is 5.47. The van der Waals surface area contributed by atoms with Crippen LogP contribution in [0.1, 0.15) is 34.9 Å². The Kier molecular flexibility index (Phi) is 7.31. The summed E-state index contributed by atoms with van der Waals surface area (Å²) >= 11 is 1.04. The van der Waals surface area contributed by atoms with Gasteiger partial charge in [0.2, 0.25) is 11.2 Å². The number of anilines is 1. The van der Waals surface area contributed by atoms with E-state index in [1.807, 2.05) is 0 Å². The van der Waals surface area contributed by atoms with Gasteiger partial charge in [-0.1, -0.05) is 23.5 Å². The van der Waals surface area contributed by atoms with Gasteiger partial charge in [0.1, 0.15) is 17.3 Å². The topological polar surface area (TPSA) is 132 Å². The lowest BCUT2D eigenvalue weighted by molar-refractivity contribution is -0.123. The molecule has 1 fully saturated rings. The molecular weight excluding hydrogens is 547 g/mol. The van der Waals surface area contributed by atoms with E-state index in [9.17, 15) is 22.4 Å². The lowest BCUT2D eigenvalue weighted by atomic mass is 10.1. The SMILES string of the molecule is O=C(O)c1ccc(Oc2cnc(NC(=O)C(Oc3ccc(F)cc3)c3ccc(S(=O)(=O)C4CC4)cc3)s2)cc1. The van der Waals surface area contributed by atoms with Gasteiger partial charge >= 0.3 is 5.97 Å². The quantitative estimate of drug-likeness (QED) is 0.258. The van der Waals surface area contributed by atoms with Gasteiger partial charge in [-0.05, 0) is 73.5 Å². The summed E-state index contributed by atoms with van der Waals surface area (Å²) in [5, 5.41) is 11.9. The zero-order chi connectivity index (χ0) is 27.6. The van der Waals surface area contributed by atoms with Crippen molar-refractivity contribution in [3.05, 3.63) is 95.9 Å². The Morgan fingerprint density at radius 3 is 2.23 bits per heavy atom. The van der Waals surface area contributed by atoms with E-state index in [2.05, 4.69) is 10.3 Å². The third-order valence-electron chi connectivity index (χ3n) is 5.81. The summed E-state index contributed by atoms with van der Waals surface area (Å²) in [5.74, 6) is -1.49. The van der Waals surface area contributed by atoms with Crippen LogP contribution < -0.4 is 14.8 Å². The summed E-state index contributed by atoms with van der Waals surface area (Å²) in [4.78, 5) is 28.6. The third-order valence-corrected chi connectivity index (χ3v) is 8.88. The molecule has 2 N–H and O–H groups in total. The van der Waals surface area contributed by atoms with E-state index in [0.29, 0.717) is 29.2 Å². The highest BCUT2D eigenvalue weighted by Crippen LogP contribution is 2.35.